The highest BCUT2D eigenvalue weighted by atomic mass is 32.2. The lowest BCUT2D eigenvalue weighted by Crippen LogP contribution is -2.49. The molecule has 0 saturated carbocycles. The van der Waals surface area contributed by atoms with Gasteiger partial charge in [-0.1, -0.05) is 18.2 Å². The van der Waals surface area contributed by atoms with Gasteiger partial charge in [0.25, 0.3) is 0 Å². The molecular weight excluding hydrogens is 438 g/mol. The van der Waals surface area contributed by atoms with Crippen molar-refractivity contribution >= 4 is 21.8 Å². The summed E-state index contributed by atoms with van der Waals surface area (Å²) in [6, 6.07) is 17.9. The van der Waals surface area contributed by atoms with E-state index in [1.807, 2.05) is 36.4 Å². The Morgan fingerprint density at radius 2 is 1.39 bits per heavy atom. The lowest BCUT2D eigenvalue weighted by Gasteiger charge is -2.34. The molecule has 0 amide bonds. The number of ether oxygens (including phenoxy) is 1. The van der Waals surface area contributed by atoms with Gasteiger partial charge in [0.15, 0.2) is 0 Å². The van der Waals surface area contributed by atoms with Crippen molar-refractivity contribution in [2.45, 2.75) is 17.7 Å². The van der Waals surface area contributed by atoms with Gasteiger partial charge in [0, 0.05) is 45.5 Å². The summed E-state index contributed by atoms with van der Waals surface area (Å²) >= 11 is 0. The second-order valence-corrected chi connectivity index (χ2v) is 10.1. The first-order valence-corrected chi connectivity index (χ1v) is 12.7. The molecule has 1 aromatic heterocycles. The van der Waals surface area contributed by atoms with Crippen molar-refractivity contribution < 1.29 is 13.2 Å². The third-order valence-corrected chi connectivity index (χ3v) is 7.93. The van der Waals surface area contributed by atoms with E-state index in [2.05, 4.69) is 14.8 Å². The van der Waals surface area contributed by atoms with Crippen molar-refractivity contribution in [1.29, 1.82) is 0 Å². The Kier molecular flexibility index (Phi) is 6.15. The highest BCUT2D eigenvalue weighted by Gasteiger charge is 2.29. The van der Waals surface area contributed by atoms with Crippen LogP contribution in [0.15, 0.2) is 71.8 Å². The molecule has 0 bridgehead atoms. The van der Waals surface area contributed by atoms with Gasteiger partial charge in [-0.2, -0.15) is 9.29 Å². The second kappa shape index (κ2) is 9.36. The summed E-state index contributed by atoms with van der Waals surface area (Å²) in [6.45, 7) is 3.98. The van der Waals surface area contributed by atoms with Crippen LogP contribution in [-0.2, 0) is 10.0 Å². The summed E-state index contributed by atoms with van der Waals surface area (Å²) in [7, 11) is -3.57. The fourth-order valence-electron chi connectivity index (χ4n) is 4.20. The molecular formula is C24H27N5O3S. The normalized spacial score (nSPS) is 17.3. The zero-order valence-corrected chi connectivity index (χ0v) is 19.2. The first kappa shape index (κ1) is 21.7. The molecule has 0 atom stereocenters. The summed E-state index contributed by atoms with van der Waals surface area (Å²) in [4.78, 5) is 13.7. The predicted molar refractivity (Wildman–Crippen MR) is 127 cm³/mol. The van der Waals surface area contributed by atoms with Gasteiger partial charge in [-0.25, -0.2) is 13.4 Å². The van der Waals surface area contributed by atoms with Crippen LogP contribution in [-0.4, -0.2) is 62.0 Å². The minimum Gasteiger partial charge on any atom is -0.457 e. The van der Waals surface area contributed by atoms with E-state index in [1.165, 1.54) is 12.8 Å². The Morgan fingerprint density at radius 1 is 0.727 bits per heavy atom. The molecule has 0 N–H and O–H groups in total. The molecule has 0 aliphatic carbocycles. The number of anilines is 2. The zero-order chi connectivity index (χ0) is 22.7. The van der Waals surface area contributed by atoms with Gasteiger partial charge < -0.3 is 14.5 Å². The van der Waals surface area contributed by atoms with E-state index in [0.717, 1.165) is 24.9 Å². The summed E-state index contributed by atoms with van der Waals surface area (Å²) in [6.07, 6.45) is 4.13. The van der Waals surface area contributed by atoms with Gasteiger partial charge in [-0.05, 0) is 55.3 Å². The number of rotatable bonds is 6. The van der Waals surface area contributed by atoms with Crippen LogP contribution >= 0.6 is 0 Å². The molecule has 8 nitrogen and oxygen atoms in total. The van der Waals surface area contributed by atoms with Gasteiger partial charge in [0.1, 0.15) is 17.3 Å². The molecule has 3 aromatic rings. The van der Waals surface area contributed by atoms with Crippen LogP contribution < -0.4 is 14.5 Å². The zero-order valence-electron chi connectivity index (χ0n) is 18.4. The van der Waals surface area contributed by atoms with E-state index >= 15 is 0 Å². The Morgan fingerprint density at radius 3 is 2.09 bits per heavy atom. The molecule has 5 rings (SSSR count). The van der Waals surface area contributed by atoms with Gasteiger partial charge >= 0.3 is 0 Å². The number of sulfonamides is 1. The molecule has 2 saturated heterocycles. The number of piperazine rings is 1. The Hall–Kier alpha value is -3.17. The summed E-state index contributed by atoms with van der Waals surface area (Å²) in [5.74, 6) is 2.92. The van der Waals surface area contributed by atoms with Crippen molar-refractivity contribution in [1.82, 2.24) is 14.3 Å². The SMILES string of the molecule is O=S(=O)(c1ccc(Oc2ccccc2)cc1)N1CCN(c2ccnc(N3CCCC3)n2)CC1. The quantitative estimate of drug-likeness (QED) is 0.552. The molecule has 0 radical (unpaired) electrons. The molecule has 2 aliphatic heterocycles. The lowest BCUT2D eigenvalue weighted by atomic mass is 10.3. The van der Waals surface area contributed by atoms with Crippen LogP contribution in [0.25, 0.3) is 0 Å². The van der Waals surface area contributed by atoms with E-state index in [0.29, 0.717) is 37.7 Å². The van der Waals surface area contributed by atoms with E-state index in [-0.39, 0.29) is 4.90 Å². The van der Waals surface area contributed by atoms with Crippen LogP contribution in [0.3, 0.4) is 0 Å². The van der Waals surface area contributed by atoms with E-state index < -0.39 is 10.0 Å². The summed E-state index contributed by atoms with van der Waals surface area (Å²) in [5.41, 5.74) is 0. The van der Waals surface area contributed by atoms with E-state index in [4.69, 9.17) is 9.72 Å². The maximum absolute atomic E-state index is 13.2. The highest BCUT2D eigenvalue weighted by Crippen LogP contribution is 2.26. The van der Waals surface area contributed by atoms with Gasteiger partial charge in [-0.3, -0.25) is 0 Å². The fourth-order valence-corrected chi connectivity index (χ4v) is 5.62. The number of aromatic nitrogens is 2. The van der Waals surface area contributed by atoms with Crippen LogP contribution in [0.1, 0.15) is 12.8 Å². The van der Waals surface area contributed by atoms with Gasteiger partial charge in [0.05, 0.1) is 4.90 Å². The van der Waals surface area contributed by atoms with Crippen LogP contribution in [0, 0.1) is 0 Å². The van der Waals surface area contributed by atoms with Crippen molar-refractivity contribution in [2.24, 2.45) is 0 Å². The van der Waals surface area contributed by atoms with Crippen LogP contribution in [0.4, 0.5) is 11.8 Å². The number of para-hydroxylation sites is 1. The minimum atomic E-state index is -3.57. The van der Waals surface area contributed by atoms with E-state index in [1.54, 1.807) is 34.8 Å². The monoisotopic (exact) mass is 465 g/mol. The predicted octanol–water partition coefficient (Wildman–Crippen LogP) is 3.38. The maximum atomic E-state index is 13.2. The Bertz CT molecular complexity index is 1170. The van der Waals surface area contributed by atoms with Crippen molar-refractivity contribution in [3.05, 3.63) is 66.9 Å². The molecule has 0 unspecified atom stereocenters. The molecule has 33 heavy (non-hydrogen) atoms. The molecule has 2 aromatic carbocycles. The molecule has 2 aliphatic rings. The van der Waals surface area contributed by atoms with Crippen molar-refractivity contribution in [2.75, 3.05) is 49.1 Å². The van der Waals surface area contributed by atoms with Gasteiger partial charge in [0.2, 0.25) is 16.0 Å². The maximum Gasteiger partial charge on any atom is 0.243 e. The molecule has 172 valence electrons. The number of hydrogen-bond acceptors (Lipinski definition) is 7. The van der Waals surface area contributed by atoms with Crippen molar-refractivity contribution in [3.8, 4) is 11.5 Å². The van der Waals surface area contributed by atoms with Crippen LogP contribution in [0.5, 0.6) is 11.5 Å². The third kappa shape index (κ3) is 4.79. The molecule has 2 fully saturated rings. The number of benzene rings is 2. The number of nitrogens with zero attached hydrogens (tertiary/aromatic N) is 5. The lowest BCUT2D eigenvalue weighted by molar-refractivity contribution is 0.383. The molecule has 3 heterocycles. The average molecular weight is 466 g/mol. The molecule has 0 spiro atoms. The third-order valence-electron chi connectivity index (χ3n) is 6.02. The van der Waals surface area contributed by atoms with E-state index in [9.17, 15) is 8.42 Å². The average Bonchev–Trinajstić information content (AvgIpc) is 3.41. The first-order valence-electron chi connectivity index (χ1n) is 11.3. The fraction of sp³-hybridized carbons (Fsp3) is 0.333. The Labute approximate surface area is 194 Å². The number of hydrogen-bond donors (Lipinski definition) is 0. The minimum absolute atomic E-state index is 0.273. The summed E-state index contributed by atoms with van der Waals surface area (Å²) in [5, 5.41) is 0. The smallest absolute Gasteiger partial charge is 0.243 e. The summed E-state index contributed by atoms with van der Waals surface area (Å²) < 4.78 is 33.6. The Balaban J connectivity index is 1.22. The topological polar surface area (TPSA) is 78.9 Å². The standard InChI is InChI=1S/C24H27N5O3S/c30-33(31,22-10-8-21(9-11-22)32-20-6-2-1-3-7-20)29-18-16-27(17-19-29)23-12-13-25-24(26-23)28-14-4-5-15-28/h1-3,6-13H,4-5,14-19H2. The highest BCUT2D eigenvalue weighted by molar-refractivity contribution is 7.89. The van der Waals surface area contributed by atoms with Gasteiger partial charge in [-0.15, -0.1) is 0 Å². The van der Waals surface area contributed by atoms with Crippen LogP contribution in [0.2, 0.25) is 0 Å². The largest absolute Gasteiger partial charge is 0.457 e. The molecule has 9 heteroatoms. The second-order valence-electron chi connectivity index (χ2n) is 8.19. The first-order chi connectivity index (χ1) is 16.1. The van der Waals surface area contributed by atoms with Crippen molar-refractivity contribution in [3.63, 3.8) is 0 Å².